The summed E-state index contributed by atoms with van der Waals surface area (Å²) < 4.78 is 10.5. The van der Waals surface area contributed by atoms with Gasteiger partial charge in [-0.3, -0.25) is 14.5 Å². The third kappa shape index (κ3) is 6.12. The van der Waals surface area contributed by atoms with Crippen LogP contribution in [0.15, 0.2) is 24.3 Å². The van der Waals surface area contributed by atoms with Crippen LogP contribution in [-0.4, -0.2) is 81.8 Å². The molecule has 1 aromatic rings. The van der Waals surface area contributed by atoms with Crippen molar-refractivity contribution >= 4 is 18.0 Å². The van der Waals surface area contributed by atoms with Crippen molar-refractivity contribution in [1.82, 2.24) is 9.80 Å². The predicted octanol–water partition coefficient (Wildman–Crippen LogP) is 1.07. The first-order valence-corrected chi connectivity index (χ1v) is 8.63. The van der Waals surface area contributed by atoms with Crippen molar-refractivity contribution in [2.75, 3.05) is 65.0 Å². The SMILES string of the molecule is COCCN(CCCN1CCOCC1)C(=O)c1ccccc1NC=O. The number of ether oxygens (including phenoxy) is 2. The highest BCUT2D eigenvalue weighted by Gasteiger charge is 2.19. The average Bonchev–Trinajstić information content (AvgIpc) is 2.65. The molecular weight excluding hydrogens is 322 g/mol. The molecular formula is C18H27N3O4. The number of benzene rings is 1. The first-order valence-electron chi connectivity index (χ1n) is 8.63. The summed E-state index contributed by atoms with van der Waals surface area (Å²) in [5, 5.41) is 2.59. The smallest absolute Gasteiger partial charge is 0.256 e. The first-order chi connectivity index (χ1) is 12.3. The molecule has 1 saturated heterocycles. The number of morpholine rings is 1. The molecule has 1 aromatic carbocycles. The third-order valence-corrected chi connectivity index (χ3v) is 4.23. The van der Waals surface area contributed by atoms with E-state index in [-0.39, 0.29) is 5.91 Å². The summed E-state index contributed by atoms with van der Waals surface area (Å²) in [6.45, 7) is 6.02. The van der Waals surface area contributed by atoms with E-state index in [0.29, 0.717) is 37.4 Å². The zero-order valence-corrected chi connectivity index (χ0v) is 14.8. The normalized spacial score (nSPS) is 14.9. The van der Waals surface area contributed by atoms with Crippen LogP contribution >= 0.6 is 0 Å². The number of nitrogens with zero attached hydrogens (tertiary/aromatic N) is 2. The Morgan fingerprint density at radius 3 is 2.80 bits per heavy atom. The lowest BCUT2D eigenvalue weighted by atomic mass is 10.1. The Balaban J connectivity index is 1.97. The third-order valence-electron chi connectivity index (χ3n) is 4.23. The van der Waals surface area contributed by atoms with Crippen LogP contribution in [0.3, 0.4) is 0 Å². The summed E-state index contributed by atoms with van der Waals surface area (Å²) in [6, 6.07) is 7.05. The maximum absolute atomic E-state index is 12.9. The minimum atomic E-state index is -0.0935. The van der Waals surface area contributed by atoms with Crippen molar-refractivity contribution in [3.05, 3.63) is 29.8 Å². The fourth-order valence-electron chi connectivity index (χ4n) is 2.86. The lowest BCUT2D eigenvalue weighted by molar-refractivity contribution is -0.105. The van der Waals surface area contributed by atoms with E-state index in [1.165, 1.54) is 0 Å². The first kappa shape index (κ1) is 19.4. The van der Waals surface area contributed by atoms with Crippen molar-refractivity contribution < 1.29 is 19.1 Å². The second kappa shape index (κ2) is 10.8. The van der Waals surface area contributed by atoms with Gasteiger partial charge in [-0.1, -0.05) is 12.1 Å². The van der Waals surface area contributed by atoms with Crippen molar-refractivity contribution in [3.8, 4) is 0 Å². The lowest BCUT2D eigenvalue weighted by Crippen LogP contribution is -2.40. The fraction of sp³-hybridized carbons (Fsp3) is 0.556. The molecule has 1 fully saturated rings. The van der Waals surface area contributed by atoms with Gasteiger partial charge in [0.05, 0.1) is 31.1 Å². The molecule has 1 N–H and O–H groups in total. The average molecular weight is 349 g/mol. The van der Waals surface area contributed by atoms with E-state index in [9.17, 15) is 9.59 Å². The summed E-state index contributed by atoms with van der Waals surface area (Å²) in [5.41, 5.74) is 1.02. The molecule has 1 heterocycles. The van der Waals surface area contributed by atoms with Gasteiger partial charge in [-0.05, 0) is 18.6 Å². The highest BCUT2D eigenvalue weighted by Crippen LogP contribution is 2.17. The minimum absolute atomic E-state index is 0.0935. The Hall–Kier alpha value is -1.96. The zero-order valence-electron chi connectivity index (χ0n) is 14.8. The summed E-state index contributed by atoms with van der Waals surface area (Å²) in [5.74, 6) is -0.0935. The number of amides is 2. The van der Waals surface area contributed by atoms with Gasteiger partial charge >= 0.3 is 0 Å². The number of methoxy groups -OCH3 is 1. The molecule has 0 bridgehead atoms. The van der Waals surface area contributed by atoms with E-state index >= 15 is 0 Å². The Bertz CT molecular complexity index is 547. The van der Waals surface area contributed by atoms with Crippen LogP contribution < -0.4 is 5.32 Å². The molecule has 2 amide bonds. The minimum Gasteiger partial charge on any atom is -0.383 e. The molecule has 1 aliphatic heterocycles. The number of hydrogen-bond donors (Lipinski definition) is 1. The van der Waals surface area contributed by atoms with E-state index < -0.39 is 0 Å². The van der Waals surface area contributed by atoms with Crippen LogP contribution in [0, 0.1) is 0 Å². The van der Waals surface area contributed by atoms with Crippen LogP contribution in [-0.2, 0) is 14.3 Å². The van der Waals surface area contributed by atoms with Gasteiger partial charge in [-0.25, -0.2) is 0 Å². The zero-order chi connectivity index (χ0) is 17.9. The Labute approximate surface area is 148 Å². The molecule has 138 valence electrons. The monoisotopic (exact) mass is 349 g/mol. The van der Waals surface area contributed by atoms with Gasteiger partial charge in [0.15, 0.2) is 0 Å². The van der Waals surface area contributed by atoms with E-state index in [2.05, 4.69) is 10.2 Å². The number of rotatable bonds is 10. The summed E-state index contributed by atoms with van der Waals surface area (Å²) in [6.07, 6.45) is 1.47. The topological polar surface area (TPSA) is 71.1 Å². The number of hydrogen-bond acceptors (Lipinski definition) is 5. The maximum atomic E-state index is 12.9. The van der Waals surface area contributed by atoms with E-state index in [4.69, 9.17) is 9.47 Å². The molecule has 1 aliphatic rings. The molecule has 0 spiro atoms. The highest BCUT2D eigenvalue weighted by molar-refractivity contribution is 6.01. The molecule has 0 unspecified atom stereocenters. The van der Waals surface area contributed by atoms with Crippen LogP contribution in [0.25, 0.3) is 0 Å². The van der Waals surface area contributed by atoms with Crippen molar-refractivity contribution in [3.63, 3.8) is 0 Å². The molecule has 2 rings (SSSR count). The maximum Gasteiger partial charge on any atom is 0.256 e. The molecule has 0 radical (unpaired) electrons. The lowest BCUT2D eigenvalue weighted by Gasteiger charge is -2.28. The van der Waals surface area contributed by atoms with Crippen LogP contribution in [0.2, 0.25) is 0 Å². The van der Waals surface area contributed by atoms with Crippen molar-refractivity contribution in [2.45, 2.75) is 6.42 Å². The molecule has 25 heavy (non-hydrogen) atoms. The number of nitrogens with one attached hydrogen (secondary N) is 1. The van der Waals surface area contributed by atoms with E-state index in [1.807, 2.05) is 0 Å². The fourth-order valence-corrected chi connectivity index (χ4v) is 2.86. The number of anilines is 1. The van der Waals surface area contributed by atoms with Crippen LogP contribution in [0.1, 0.15) is 16.8 Å². The van der Waals surface area contributed by atoms with Crippen LogP contribution in [0.5, 0.6) is 0 Å². The quantitative estimate of drug-likeness (QED) is 0.640. The largest absolute Gasteiger partial charge is 0.383 e. The van der Waals surface area contributed by atoms with Gasteiger partial charge in [-0.2, -0.15) is 0 Å². The predicted molar refractivity (Wildman–Crippen MR) is 95.8 cm³/mol. The van der Waals surface area contributed by atoms with Gasteiger partial charge in [-0.15, -0.1) is 0 Å². The summed E-state index contributed by atoms with van der Waals surface area (Å²) >= 11 is 0. The summed E-state index contributed by atoms with van der Waals surface area (Å²) in [4.78, 5) is 27.8. The summed E-state index contributed by atoms with van der Waals surface area (Å²) in [7, 11) is 1.62. The van der Waals surface area contributed by atoms with Gasteiger partial charge in [0.25, 0.3) is 5.91 Å². The van der Waals surface area contributed by atoms with E-state index in [0.717, 1.165) is 39.3 Å². The molecule has 7 heteroatoms. The van der Waals surface area contributed by atoms with Crippen LogP contribution in [0.4, 0.5) is 5.69 Å². The second-order valence-electron chi connectivity index (χ2n) is 5.90. The number of para-hydroxylation sites is 1. The number of carbonyl (C=O) groups excluding carboxylic acids is 2. The van der Waals surface area contributed by atoms with E-state index in [1.54, 1.807) is 36.3 Å². The molecule has 0 aliphatic carbocycles. The second-order valence-corrected chi connectivity index (χ2v) is 5.90. The molecule has 0 saturated carbocycles. The molecule has 0 atom stereocenters. The van der Waals surface area contributed by atoms with Gasteiger partial charge in [0.1, 0.15) is 0 Å². The Kier molecular flexibility index (Phi) is 8.38. The van der Waals surface area contributed by atoms with Gasteiger partial charge < -0.3 is 19.7 Å². The highest BCUT2D eigenvalue weighted by atomic mass is 16.5. The number of carbonyl (C=O) groups is 2. The Morgan fingerprint density at radius 2 is 2.08 bits per heavy atom. The molecule has 7 nitrogen and oxygen atoms in total. The standard InChI is InChI=1S/C18H27N3O4/c1-24-12-11-21(8-4-7-20-9-13-25-14-10-20)18(23)16-5-2-3-6-17(16)19-15-22/h2-3,5-6,15H,4,7-14H2,1H3,(H,19,22). The van der Waals surface area contributed by atoms with Crippen molar-refractivity contribution in [2.24, 2.45) is 0 Å². The van der Waals surface area contributed by atoms with Crippen molar-refractivity contribution in [1.29, 1.82) is 0 Å². The van der Waals surface area contributed by atoms with Gasteiger partial charge in [0.2, 0.25) is 6.41 Å². The molecule has 0 aromatic heterocycles. The van der Waals surface area contributed by atoms with Gasteiger partial charge in [0, 0.05) is 39.8 Å². The Morgan fingerprint density at radius 1 is 1.32 bits per heavy atom.